The molecule has 3 aromatic heterocycles. The van der Waals surface area contributed by atoms with Crippen molar-refractivity contribution in [1.29, 1.82) is 5.26 Å². The number of halogens is 2. The normalized spacial score (nSPS) is 10.9. The summed E-state index contributed by atoms with van der Waals surface area (Å²) in [6, 6.07) is 7.96. The van der Waals surface area contributed by atoms with E-state index in [-0.39, 0.29) is 51.7 Å². The Kier molecular flexibility index (Phi) is 5.53. The lowest BCUT2D eigenvalue weighted by molar-refractivity contribution is 0.618. The van der Waals surface area contributed by atoms with Crippen molar-refractivity contribution in [2.45, 2.75) is 13.8 Å². The molecule has 0 saturated heterocycles. The van der Waals surface area contributed by atoms with Crippen molar-refractivity contribution in [2.24, 2.45) is 0 Å². The summed E-state index contributed by atoms with van der Waals surface area (Å²) in [5, 5.41) is 9.99. The first kappa shape index (κ1) is 21.9. The van der Waals surface area contributed by atoms with E-state index in [4.69, 9.17) is 23.1 Å². The molecule has 166 valence electrons. The monoisotopic (exact) mass is 465 g/mol. The van der Waals surface area contributed by atoms with Crippen molar-refractivity contribution in [3.05, 3.63) is 62.9 Å². The molecule has 4 aromatic rings. The number of aryl methyl sites for hydroxylation is 1. The third-order valence-corrected chi connectivity index (χ3v) is 5.27. The number of nitrogens with two attached hydrogens (primary N) is 2. The molecule has 0 amide bonds. The first-order valence-corrected chi connectivity index (χ1v) is 10.1. The summed E-state index contributed by atoms with van der Waals surface area (Å²) >= 11 is 6.31. The molecule has 33 heavy (non-hydrogen) atoms. The number of anilines is 4. The van der Waals surface area contributed by atoms with Crippen molar-refractivity contribution in [1.82, 2.24) is 24.5 Å². The predicted molar refractivity (Wildman–Crippen MR) is 123 cm³/mol. The third-order valence-electron chi connectivity index (χ3n) is 4.96. The molecule has 0 saturated carbocycles. The molecule has 1 aromatic carbocycles. The van der Waals surface area contributed by atoms with Crippen LogP contribution in [0.25, 0.3) is 16.6 Å². The number of hydrogen-bond donors (Lipinski definition) is 2. The predicted octanol–water partition coefficient (Wildman–Crippen LogP) is 2.87. The fourth-order valence-electron chi connectivity index (χ4n) is 3.47. The molecule has 4 rings (SSSR count). The van der Waals surface area contributed by atoms with Gasteiger partial charge in [0.15, 0.2) is 5.82 Å². The van der Waals surface area contributed by atoms with Crippen molar-refractivity contribution in [2.75, 3.05) is 22.9 Å². The number of pyridine rings is 1. The number of rotatable bonds is 4. The van der Waals surface area contributed by atoms with Crippen LogP contribution in [0.2, 0.25) is 5.02 Å². The molecule has 4 N–H and O–H groups in total. The van der Waals surface area contributed by atoms with Crippen LogP contribution in [0.5, 0.6) is 0 Å². The fraction of sp³-hybridized carbons (Fsp3) is 0.143. The second-order valence-electron chi connectivity index (χ2n) is 6.97. The van der Waals surface area contributed by atoms with E-state index >= 15 is 0 Å². The number of nitrogens with zero attached hydrogens (tertiary/aromatic N) is 7. The van der Waals surface area contributed by atoms with Crippen molar-refractivity contribution in [3.8, 4) is 11.8 Å². The van der Waals surface area contributed by atoms with Gasteiger partial charge in [-0.3, -0.25) is 14.7 Å². The molecule has 3 heterocycles. The maximum atomic E-state index is 14.2. The molecule has 0 radical (unpaired) electrons. The number of aromatic nitrogens is 5. The van der Waals surface area contributed by atoms with Gasteiger partial charge in [0.25, 0.3) is 5.56 Å². The molecular weight excluding hydrogens is 449 g/mol. The number of nitriles is 1. The standard InChI is InChI=1S/C21H17ClFN9O/c1-3-31(18-12(8-24)17(25)29-20(26)30-18)21-28-14-6-4-5-13(22)16(14)19(33)32(21)15-7-11(23)9-27-10(15)2/h4-7,9H,3H2,1-2H3,(H4,25,26,29,30). The van der Waals surface area contributed by atoms with Crippen LogP contribution in [-0.2, 0) is 0 Å². The lowest BCUT2D eigenvalue weighted by atomic mass is 10.2. The minimum absolute atomic E-state index is 0.0433. The van der Waals surface area contributed by atoms with Gasteiger partial charge in [0.05, 0.1) is 33.5 Å². The van der Waals surface area contributed by atoms with Gasteiger partial charge < -0.3 is 11.5 Å². The highest BCUT2D eigenvalue weighted by atomic mass is 35.5. The van der Waals surface area contributed by atoms with E-state index in [0.29, 0.717) is 11.2 Å². The van der Waals surface area contributed by atoms with Gasteiger partial charge in [-0.2, -0.15) is 15.2 Å². The van der Waals surface area contributed by atoms with E-state index in [1.807, 2.05) is 6.07 Å². The van der Waals surface area contributed by atoms with Crippen molar-refractivity contribution in [3.63, 3.8) is 0 Å². The van der Waals surface area contributed by atoms with Crippen LogP contribution in [0, 0.1) is 24.1 Å². The van der Waals surface area contributed by atoms with E-state index in [2.05, 4.69) is 19.9 Å². The van der Waals surface area contributed by atoms with Crippen LogP contribution in [0.15, 0.2) is 35.3 Å². The number of nitrogen functional groups attached to an aromatic ring is 2. The molecule has 10 nitrogen and oxygen atoms in total. The van der Waals surface area contributed by atoms with Crippen molar-refractivity contribution < 1.29 is 4.39 Å². The molecule has 0 aliphatic heterocycles. The van der Waals surface area contributed by atoms with E-state index in [0.717, 1.165) is 6.20 Å². The zero-order valence-electron chi connectivity index (χ0n) is 17.5. The minimum Gasteiger partial charge on any atom is -0.382 e. The Morgan fingerprint density at radius 2 is 2.03 bits per heavy atom. The summed E-state index contributed by atoms with van der Waals surface area (Å²) in [7, 11) is 0. The molecule has 0 unspecified atom stereocenters. The SMILES string of the molecule is CCN(c1nc(N)nc(N)c1C#N)c1nc2cccc(Cl)c2c(=O)n1-c1cc(F)cnc1C. The second-order valence-corrected chi connectivity index (χ2v) is 7.37. The summed E-state index contributed by atoms with van der Waals surface area (Å²) < 4.78 is 15.4. The summed E-state index contributed by atoms with van der Waals surface area (Å²) in [5.41, 5.74) is 11.9. The van der Waals surface area contributed by atoms with Crippen molar-refractivity contribution >= 4 is 46.0 Å². The van der Waals surface area contributed by atoms with E-state index in [1.165, 1.54) is 15.5 Å². The highest BCUT2D eigenvalue weighted by molar-refractivity contribution is 6.35. The summed E-state index contributed by atoms with van der Waals surface area (Å²) in [6.07, 6.45) is 1.04. The molecular formula is C21H17ClFN9O. The highest BCUT2D eigenvalue weighted by Crippen LogP contribution is 2.31. The Hall–Kier alpha value is -4.30. The van der Waals surface area contributed by atoms with E-state index < -0.39 is 11.4 Å². The van der Waals surface area contributed by atoms with Gasteiger partial charge in [-0.25, -0.2) is 13.9 Å². The zero-order valence-corrected chi connectivity index (χ0v) is 18.3. The number of benzene rings is 1. The molecule has 0 atom stereocenters. The molecule has 0 bridgehead atoms. The Morgan fingerprint density at radius 3 is 2.73 bits per heavy atom. The molecule has 0 aliphatic rings. The second kappa shape index (κ2) is 8.33. The topological polar surface area (TPSA) is 153 Å². The first-order chi connectivity index (χ1) is 15.8. The van der Waals surface area contributed by atoms with Gasteiger partial charge in [0, 0.05) is 12.6 Å². The van der Waals surface area contributed by atoms with Crippen LogP contribution >= 0.6 is 11.6 Å². The first-order valence-electron chi connectivity index (χ1n) is 9.71. The van der Waals surface area contributed by atoms with Crippen LogP contribution in [0.4, 0.5) is 27.9 Å². The lowest BCUT2D eigenvalue weighted by Gasteiger charge is -2.26. The summed E-state index contributed by atoms with van der Waals surface area (Å²) in [4.78, 5) is 31.8. The third kappa shape index (κ3) is 3.66. The Labute approximate surface area is 191 Å². The average Bonchev–Trinajstić information content (AvgIpc) is 2.76. The van der Waals surface area contributed by atoms with Gasteiger partial charge >= 0.3 is 0 Å². The van der Waals surface area contributed by atoms with E-state index in [9.17, 15) is 14.4 Å². The van der Waals surface area contributed by atoms with Gasteiger partial charge in [-0.05, 0) is 26.0 Å². The Bertz CT molecular complexity index is 1510. The van der Waals surface area contributed by atoms with Gasteiger partial charge in [0.2, 0.25) is 11.9 Å². The van der Waals surface area contributed by atoms with Crippen LogP contribution in [0.1, 0.15) is 18.2 Å². The molecule has 0 aliphatic carbocycles. The molecule has 0 spiro atoms. The zero-order chi connectivity index (χ0) is 23.9. The minimum atomic E-state index is -0.649. The summed E-state index contributed by atoms with van der Waals surface area (Å²) in [6.45, 7) is 3.58. The molecule has 0 fully saturated rings. The fourth-order valence-corrected chi connectivity index (χ4v) is 3.72. The average molecular weight is 466 g/mol. The maximum absolute atomic E-state index is 14.2. The Balaban J connectivity index is 2.17. The molecule has 12 heteroatoms. The van der Waals surface area contributed by atoms with Gasteiger partial charge in [-0.15, -0.1) is 0 Å². The summed E-state index contributed by atoms with van der Waals surface area (Å²) in [5.74, 6) is -0.846. The Morgan fingerprint density at radius 1 is 1.27 bits per heavy atom. The lowest BCUT2D eigenvalue weighted by Crippen LogP contribution is -2.31. The van der Waals surface area contributed by atoms with Crippen LogP contribution in [0.3, 0.4) is 0 Å². The van der Waals surface area contributed by atoms with Gasteiger partial charge in [-0.1, -0.05) is 17.7 Å². The van der Waals surface area contributed by atoms with Crippen LogP contribution in [-0.4, -0.2) is 31.0 Å². The maximum Gasteiger partial charge on any atom is 0.268 e. The number of fused-ring (bicyclic) bond motifs is 1. The van der Waals surface area contributed by atoms with Gasteiger partial charge in [0.1, 0.15) is 23.3 Å². The largest absolute Gasteiger partial charge is 0.382 e. The van der Waals surface area contributed by atoms with Crippen LogP contribution < -0.4 is 21.9 Å². The van der Waals surface area contributed by atoms with E-state index in [1.54, 1.807) is 32.0 Å². The number of hydrogen-bond acceptors (Lipinski definition) is 9. The highest BCUT2D eigenvalue weighted by Gasteiger charge is 2.25. The smallest absolute Gasteiger partial charge is 0.268 e. The quantitative estimate of drug-likeness (QED) is 0.463.